The van der Waals surface area contributed by atoms with Gasteiger partial charge in [0.05, 0.1) is 12.7 Å². The van der Waals surface area contributed by atoms with E-state index in [4.69, 9.17) is 4.74 Å². The van der Waals surface area contributed by atoms with Gasteiger partial charge in [0.2, 0.25) is 0 Å². The summed E-state index contributed by atoms with van der Waals surface area (Å²) in [5, 5.41) is 0. The fourth-order valence-corrected chi connectivity index (χ4v) is 0.737. The van der Waals surface area contributed by atoms with Crippen molar-refractivity contribution >= 4 is 0 Å². The molecule has 52 valence electrons. The molecule has 0 spiro atoms. The number of epoxide rings is 1. The zero-order valence-corrected chi connectivity index (χ0v) is 5.97. The Morgan fingerprint density at radius 3 is 2.89 bits per heavy atom. The van der Waals surface area contributed by atoms with Crippen molar-refractivity contribution in [2.45, 2.75) is 32.3 Å². The molecule has 9 heavy (non-hydrogen) atoms. The van der Waals surface area contributed by atoms with E-state index in [1.54, 1.807) is 0 Å². The predicted molar refractivity (Wildman–Crippen MR) is 38.4 cm³/mol. The first-order valence-electron chi connectivity index (χ1n) is 3.70. The molecule has 0 amide bonds. The third-order valence-electron chi connectivity index (χ3n) is 1.42. The van der Waals surface area contributed by atoms with Gasteiger partial charge in [-0.3, -0.25) is 0 Å². The van der Waals surface area contributed by atoms with Crippen LogP contribution in [0.15, 0.2) is 12.2 Å². The Balaban J connectivity index is 1.88. The minimum absolute atomic E-state index is 0.568. The van der Waals surface area contributed by atoms with Gasteiger partial charge in [0.1, 0.15) is 0 Å². The van der Waals surface area contributed by atoms with E-state index in [0.29, 0.717) is 6.10 Å². The zero-order chi connectivity index (χ0) is 6.53. The second-order valence-electron chi connectivity index (χ2n) is 2.45. The van der Waals surface area contributed by atoms with Crippen LogP contribution < -0.4 is 0 Å². The highest BCUT2D eigenvalue weighted by molar-refractivity contribution is 4.87. The maximum atomic E-state index is 5.04. The molecule has 0 aromatic carbocycles. The van der Waals surface area contributed by atoms with Crippen LogP contribution in [0, 0.1) is 0 Å². The first kappa shape index (κ1) is 6.81. The molecule has 1 heterocycles. The van der Waals surface area contributed by atoms with Crippen LogP contribution in [0.3, 0.4) is 0 Å². The Morgan fingerprint density at radius 1 is 1.56 bits per heavy atom. The molecule has 1 nitrogen and oxygen atoms in total. The van der Waals surface area contributed by atoms with E-state index < -0.39 is 0 Å². The average molecular weight is 126 g/mol. The van der Waals surface area contributed by atoms with E-state index in [1.807, 2.05) is 0 Å². The van der Waals surface area contributed by atoms with Crippen LogP contribution >= 0.6 is 0 Å². The highest BCUT2D eigenvalue weighted by Crippen LogP contribution is 2.13. The van der Waals surface area contributed by atoms with Crippen LogP contribution in [-0.4, -0.2) is 12.7 Å². The molecule has 0 aliphatic carbocycles. The van der Waals surface area contributed by atoms with E-state index in [1.165, 1.54) is 12.8 Å². The number of rotatable bonds is 4. The van der Waals surface area contributed by atoms with Crippen LogP contribution in [0.4, 0.5) is 0 Å². The van der Waals surface area contributed by atoms with E-state index in [2.05, 4.69) is 19.1 Å². The maximum Gasteiger partial charge on any atom is 0.0844 e. The van der Waals surface area contributed by atoms with Crippen molar-refractivity contribution in [3.05, 3.63) is 12.2 Å². The van der Waals surface area contributed by atoms with Crippen molar-refractivity contribution in [3.63, 3.8) is 0 Å². The lowest BCUT2D eigenvalue weighted by molar-refractivity contribution is 0.410. The van der Waals surface area contributed by atoms with Gasteiger partial charge in [-0.05, 0) is 12.8 Å². The Hall–Kier alpha value is -0.300. The van der Waals surface area contributed by atoms with Gasteiger partial charge >= 0.3 is 0 Å². The topological polar surface area (TPSA) is 12.5 Å². The molecule has 1 aliphatic rings. The molecule has 1 rings (SSSR count). The van der Waals surface area contributed by atoms with Gasteiger partial charge in [-0.2, -0.15) is 0 Å². The van der Waals surface area contributed by atoms with Gasteiger partial charge in [0.25, 0.3) is 0 Å². The first-order chi connectivity index (χ1) is 4.43. The maximum absolute atomic E-state index is 5.04. The lowest BCUT2D eigenvalue weighted by Gasteiger charge is -1.83. The van der Waals surface area contributed by atoms with Crippen LogP contribution in [0.2, 0.25) is 0 Å². The van der Waals surface area contributed by atoms with Gasteiger partial charge < -0.3 is 4.74 Å². The predicted octanol–water partition coefficient (Wildman–Crippen LogP) is 2.13. The summed E-state index contributed by atoms with van der Waals surface area (Å²) in [6.07, 6.45) is 8.62. The molecule has 0 N–H and O–H groups in total. The average Bonchev–Trinajstić information content (AvgIpc) is 2.63. The van der Waals surface area contributed by atoms with Gasteiger partial charge in [-0.25, -0.2) is 0 Å². The highest BCUT2D eigenvalue weighted by atomic mass is 16.6. The Bertz CT molecular complexity index is 92.7. The van der Waals surface area contributed by atoms with Gasteiger partial charge in [0.15, 0.2) is 0 Å². The summed E-state index contributed by atoms with van der Waals surface area (Å²) in [5.41, 5.74) is 0. The number of ether oxygens (including phenoxy) is 1. The molecule has 0 aromatic rings. The van der Waals surface area contributed by atoms with E-state index in [0.717, 1.165) is 13.0 Å². The molecule has 1 unspecified atom stereocenters. The molecule has 1 heteroatoms. The molecule has 1 atom stereocenters. The number of hydrogen-bond donors (Lipinski definition) is 0. The molecule has 0 aromatic heterocycles. The van der Waals surface area contributed by atoms with Gasteiger partial charge in [-0.15, -0.1) is 0 Å². The summed E-state index contributed by atoms with van der Waals surface area (Å²) in [7, 11) is 0. The van der Waals surface area contributed by atoms with Crippen LogP contribution in [0.5, 0.6) is 0 Å². The van der Waals surface area contributed by atoms with Crippen molar-refractivity contribution in [1.29, 1.82) is 0 Å². The molecule has 0 bridgehead atoms. The first-order valence-corrected chi connectivity index (χ1v) is 3.70. The minimum Gasteiger partial charge on any atom is -0.373 e. The Kier molecular flexibility index (Phi) is 2.78. The minimum atomic E-state index is 0.568. The van der Waals surface area contributed by atoms with Crippen molar-refractivity contribution in [3.8, 4) is 0 Å². The quantitative estimate of drug-likeness (QED) is 0.415. The molecule has 0 radical (unpaired) electrons. The summed E-state index contributed by atoms with van der Waals surface area (Å²) >= 11 is 0. The monoisotopic (exact) mass is 126 g/mol. The second-order valence-corrected chi connectivity index (χ2v) is 2.45. The smallest absolute Gasteiger partial charge is 0.0844 e. The van der Waals surface area contributed by atoms with Crippen molar-refractivity contribution in [2.24, 2.45) is 0 Å². The third-order valence-corrected chi connectivity index (χ3v) is 1.42. The summed E-state index contributed by atoms with van der Waals surface area (Å²) in [6, 6.07) is 0. The van der Waals surface area contributed by atoms with E-state index in [-0.39, 0.29) is 0 Å². The molecule has 1 aliphatic heterocycles. The summed E-state index contributed by atoms with van der Waals surface area (Å²) in [6.45, 7) is 3.18. The molecular formula is C8H14O. The van der Waals surface area contributed by atoms with Crippen molar-refractivity contribution in [2.75, 3.05) is 6.61 Å². The molecule has 1 saturated heterocycles. The lowest BCUT2D eigenvalue weighted by atomic mass is 10.2. The van der Waals surface area contributed by atoms with E-state index in [9.17, 15) is 0 Å². The molecule has 0 saturated carbocycles. The van der Waals surface area contributed by atoms with Crippen molar-refractivity contribution < 1.29 is 4.74 Å². The number of hydrogen-bond acceptors (Lipinski definition) is 1. The fourth-order valence-electron chi connectivity index (χ4n) is 0.737. The van der Waals surface area contributed by atoms with Crippen molar-refractivity contribution in [1.82, 2.24) is 0 Å². The second kappa shape index (κ2) is 3.67. The standard InChI is InChI=1S/C8H14O/c1-2-3-4-5-6-8-7-9-8/h4-5,8H,2-3,6-7H2,1H3. The van der Waals surface area contributed by atoms with Gasteiger partial charge in [0, 0.05) is 0 Å². The van der Waals surface area contributed by atoms with E-state index >= 15 is 0 Å². The zero-order valence-electron chi connectivity index (χ0n) is 5.97. The third kappa shape index (κ3) is 3.31. The fraction of sp³-hybridized carbons (Fsp3) is 0.750. The van der Waals surface area contributed by atoms with Gasteiger partial charge in [-0.1, -0.05) is 25.5 Å². The Morgan fingerprint density at radius 2 is 2.33 bits per heavy atom. The number of allylic oxidation sites excluding steroid dienone is 1. The molecule has 1 fully saturated rings. The molecular weight excluding hydrogens is 112 g/mol. The lowest BCUT2D eigenvalue weighted by Crippen LogP contribution is -1.77. The van der Waals surface area contributed by atoms with Crippen LogP contribution in [-0.2, 0) is 4.74 Å². The largest absolute Gasteiger partial charge is 0.373 e. The Labute approximate surface area is 56.7 Å². The summed E-state index contributed by atoms with van der Waals surface area (Å²) < 4.78 is 5.04. The summed E-state index contributed by atoms with van der Waals surface area (Å²) in [5.74, 6) is 0. The summed E-state index contributed by atoms with van der Waals surface area (Å²) in [4.78, 5) is 0. The normalized spacial score (nSPS) is 25.2. The van der Waals surface area contributed by atoms with Crippen LogP contribution in [0.1, 0.15) is 26.2 Å². The van der Waals surface area contributed by atoms with Crippen LogP contribution in [0.25, 0.3) is 0 Å². The number of unbranched alkanes of at least 4 members (excludes halogenated alkanes) is 1. The highest BCUT2D eigenvalue weighted by Gasteiger charge is 2.19. The SMILES string of the molecule is CCCC=CCC1CO1.